The molecule has 0 aliphatic carbocycles. The van der Waals surface area contributed by atoms with Crippen LogP contribution in [-0.2, 0) is 17.8 Å². The summed E-state index contributed by atoms with van der Waals surface area (Å²) in [6.07, 6.45) is -0.245. The summed E-state index contributed by atoms with van der Waals surface area (Å²) in [6.45, 7) is 6.67. The van der Waals surface area contributed by atoms with Crippen LogP contribution in [0, 0.1) is 0 Å². The summed E-state index contributed by atoms with van der Waals surface area (Å²) < 4.78 is 1.63. The van der Waals surface area contributed by atoms with Gasteiger partial charge in [-0.05, 0) is 30.0 Å². The zero-order chi connectivity index (χ0) is 16.3. The molecule has 0 radical (unpaired) electrons. The zero-order valence-corrected chi connectivity index (χ0v) is 13.2. The van der Waals surface area contributed by atoms with Crippen LogP contribution in [0.4, 0.5) is 0 Å². The minimum Gasteiger partial charge on any atom is -0.481 e. The number of carbonyl (C=O) groups is 1. The van der Waals surface area contributed by atoms with Gasteiger partial charge in [0.05, 0.1) is 12.1 Å². The number of nitrogens with zero attached hydrogens (tertiary/aromatic N) is 1. The van der Waals surface area contributed by atoms with Crippen molar-refractivity contribution in [2.45, 2.75) is 39.7 Å². The fraction of sp³-hybridized carbons (Fsp3) is 0.333. The van der Waals surface area contributed by atoms with Crippen molar-refractivity contribution < 1.29 is 9.90 Å². The molecule has 0 fully saturated rings. The fourth-order valence-electron chi connectivity index (χ4n) is 2.53. The van der Waals surface area contributed by atoms with Gasteiger partial charge in [0.25, 0.3) is 5.56 Å². The Hall–Kier alpha value is -2.36. The van der Waals surface area contributed by atoms with Crippen molar-refractivity contribution in [3.63, 3.8) is 0 Å². The number of hydrogen-bond acceptors (Lipinski definition) is 2. The summed E-state index contributed by atoms with van der Waals surface area (Å²) in [5.74, 6) is -0.533. The number of aromatic nitrogens is 1. The van der Waals surface area contributed by atoms with Gasteiger partial charge in [-0.15, -0.1) is 0 Å². The molecule has 0 bridgehead atoms. The molecule has 22 heavy (non-hydrogen) atoms. The average Bonchev–Trinajstić information content (AvgIpc) is 2.48. The van der Waals surface area contributed by atoms with Crippen molar-refractivity contribution in [2.24, 2.45) is 0 Å². The molecule has 0 atom stereocenters. The lowest BCUT2D eigenvalue weighted by molar-refractivity contribution is -0.136. The molecule has 0 spiro atoms. The summed E-state index contributed by atoms with van der Waals surface area (Å²) in [4.78, 5) is 23.2. The average molecular weight is 299 g/mol. The topological polar surface area (TPSA) is 59.3 Å². The van der Waals surface area contributed by atoms with E-state index in [2.05, 4.69) is 26.0 Å². The second-order valence-corrected chi connectivity index (χ2v) is 5.64. The molecule has 1 N–H and O–H groups in total. The Labute approximate surface area is 130 Å². The van der Waals surface area contributed by atoms with Crippen LogP contribution >= 0.6 is 0 Å². The summed E-state index contributed by atoms with van der Waals surface area (Å²) in [6, 6.07) is 11.6. The number of carboxylic acids is 1. The van der Waals surface area contributed by atoms with Gasteiger partial charge in [-0.3, -0.25) is 9.59 Å². The fourth-order valence-corrected chi connectivity index (χ4v) is 2.53. The molecule has 0 aliphatic heterocycles. The van der Waals surface area contributed by atoms with Gasteiger partial charge in [0.15, 0.2) is 0 Å². The van der Waals surface area contributed by atoms with Gasteiger partial charge >= 0.3 is 5.97 Å². The molecule has 4 nitrogen and oxygen atoms in total. The quantitative estimate of drug-likeness (QED) is 0.921. The number of rotatable bonds is 5. The van der Waals surface area contributed by atoms with E-state index in [1.165, 1.54) is 5.56 Å². The van der Waals surface area contributed by atoms with Gasteiger partial charge in [-0.2, -0.15) is 0 Å². The van der Waals surface area contributed by atoms with E-state index < -0.39 is 5.97 Å². The van der Waals surface area contributed by atoms with Crippen LogP contribution in [0.3, 0.4) is 0 Å². The monoisotopic (exact) mass is 299 g/mol. The van der Waals surface area contributed by atoms with Crippen molar-refractivity contribution in [3.8, 4) is 11.3 Å². The highest BCUT2D eigenvalue weighted by Crippen LogP contribution is 2.22. The molecule has 1 aromatic carbocycles. The Morgan fingerprint density at radius 1 is 1.14 bits per heavy atom. The second kappa shape index (κ2) is 6.60. The van der Waals surface area contributed by atoms with Crippen molar-refractivity contribution in [2.75, 3.05) is 0 Å². The molecule has 0 unspecified atom stereocenters. The highest BCUT2D eigenvalue weighted by Gasteiger charge is 2.12. The summed E-state index contributed by atoms with van der Waals surface area (Å²) in [5.41, 5.74) is 3.12. The van der Waals surface area contributed by atoms with Crippen LogP contribution in [-0.4, -0.2) is 15.6 Å². The Balaban J connectivity index is 2.49. The number of benzene rings is 1. The van der Waals surface area contributed by atoms with Gasteiger partial charge < -0.3 is 9.67 Å². The molecule has 2 aromatic rings. The number of aliphatic carboxylic acids is 1. The van der Waals surface area contributed by atoms with E-state index in [1.807, 2.05) is 25.1 Å². The van der Waals surface area contributed by atoms with Crippen molar-refractivity contribution in [1.82, 2.24) is 4.57 Å². The zero-order valence-electron chi connectivity index (χ0n) is 13.2. The van der Waals surface area contributed by atoms with Gasteiger partial charge in [0.1, 0.15) is 0 Å². The lowest BCUT2D eigenvalue weighted by Gasteiger charge is -2.14. The maximum absolute atomic E-state index is 12.4. The summed E-state index contributed by atoms with van der Waals surface area (Å²) in [7, 11) is 0. The summed E-state index contributed by atoms with van der Waals surface area (Å²) >= 11 is 0. The minimum atomic E-state index is -0.992. The van der Waals surface area contributed by atoms with E-state index in [0.29, 0.717) is 18.0 Å². The first-order valence-corrected chi connectivity index (χ1v) is 7.48. The second-order valence-electron chi connectivity index (χ2n) is 5.64. The Morgan fingerprint density at radius 3 is 2.27 bits per heavy atom. The first-order valence-electron chi connectivity index (χ1n) is 7.48. The lowest BCUT2D eigenvalue weighted by atomic mass is 10.00. The Kier molecular flexibility index (Phi) is 4.81. The Bertz CT molecular complexity index is 727. The SMILES string of the molecule is CCn1c(-c2ccc(C(C)C)cc2)ccc(CC(=O)O)c1=O. The molecule has 2 rings (SSSR count). The molecule has 1 aromatic heterocycles. The molecule has 0 saturated carbocycles. The summed E-state index contributed by atoms with van der Waals surface area (Å²) in [5, 5.41) is 8.88. The van der Waals surface area contributed by atoms with E-state index in [1.54, 1.807) is 10.6 Å². The third kappa shape index (κ3) is 3.27. The van der Waals surface area contributed by atoms with E-state index in [-0.39, 0.29) is 12.0 Å². The van der Waals surface area contributed by atoms with Gasteiger partial charge in [0.2, 0.25) is 0 Å². The maximum Gasteiger partial charge on any atom is 0.308 e. The largest absolute Gasteiger partial charge is 0.481 e. The number of hydrogen-bond donors (Lipinski definition) is 1. The van der Waals surface area contributed by atoms with E-state index in [4.69, 9.17) is 5.11 Å². The molecular formula is C18H21NO3. The Morgan fingerprint density at radius 2 is 1.77 bits per heavy atom. The first-order chi connectivity index (χ1) is 10.4. The van der Waals surface area contributed by atoms with Crippen LogP contribution in [0.1, 0.15) is 37.8 Å². The van der Waals surface area contributed by atoms with Crippen molar-refractivity contribution in [1.29, 1.82) is 0 Å². The lowest BCUT2D eigenvalue weighted by Crippen LogP contribution is -2.25. The molecule has 0 saturated heterocycles. The first kappa shape index (κ1) is 16.0. The minimum absolute atomic E-state index is 0.227. The predicted octanol–water partition coefficient (Wildman–Crippen LogP) is 3.29. The molecule has 1 heterocycles. The smallest absolute Gasteiger partial charge is 0.308 e. The van der Waals surface area contributed by atoms with Crippen LogP contribution < -0.4 is 5.56 Å². The van der Waals surface area contributed by atoms with Crippen LogP contribution in [0.15, 0.2) is 41.2 Å². The van der Waals surface area contributed by atoms with E-state index in [0.717, 1.165) is 11.3 Å². The van der Waals surface area contributed by atoms with Gasteiger partial charge in [-0.1, -0.05) is 44.2 Å². The van der Waals surface area contributed by atoms with E-state index >= 15 is 0 Å². The van der Waals surface area contributed by atoms with Crippen molar-refractivity contribution in [3.05, 3.63) is 57.9 Å². The van der Waals surface area contributed by atoms with E-state index in [9.17, 15) is 9.59 Å². The third-order valence-corrected chi connectivity index (χ3v) is 3.78. The molecule has 4 heteroatoms. The van der Waals surface area contributed by atoms with Crippen LogP contribution in [0.2, 0.25) is 0 Å². The predicted molar refractivity (Wildman–Crippen MR) is 87.2 cm³/mol. The number of carboxylic acid groups (broad SMARTS) is 1. The highest BCUT2D eigenvalue weighted by atomic mass is 16.4. The molecule has 116 valence electrons. The van der Waals surface area contributed by atoms with Crippen LogP contribution in [0.5, 0.6) is 0 Å². The normalized spacial score (nSPS) is 10.9. The maximum atomic E-state index is 12.4. The van der Waals surface area contributed by atoms with Gasteiger partial charge in [-0.25, -0.2) is 0 Å². The van der Waals surface area contributed by atoms with Gasteiger partial charge in [0, 0.05) is 12.1 Å². The highest BCUT2D eigenvalue weighted by molar-refractivity contribution is 5.70. The number of pyridine rings is 1. The standard InChI is InChI=1S/C18H21NO3/c1-4-19-16(10-9-15(18(19)22)11-17(20)21)14-7-5-13(6-8-14)12(2)3/h5-10,12H,4,11H2,1-3H3,(H,20,21). The van der Waals surface area contributed by atoms with Crippen molar-refractivity contribution >= 4 is 5.97 Å². The molecule has 0 amide bonds. The van der Waals surface area contributed by atoms with Crippen LogP contribution in [0.25, 0.3) is 11.3 Å². The molecule has 0 aliphatic rings. The third-order valence-electron chi connectivity index (χ3n) is 3.78. The molecular weight excluding hydrogens is 278 g/mol.